The summed E-state index contributed by atoms with van der Waals surface area (Å²) in [6.07, 6.45) is 4.09. The normalized spacial score (nSPS) is 10.5. The zero-order valence-electron chi connectivity index (χ0n) is 13.1. The third-order valence-corrected chi connectivity index (χ3v) is 3.81. The number of carboxylic acid groups (broad SMARTS) is 1. The van der Waals surface area contributed by atoms with Crippen LogP contribution < -0.4 is 4.74 Å². The van der Waals surface area contributed by atoms with E-state index in [1.54, 1.807) is 19.2 Å². The molecule has 0 radical (unpaired) electrons. The minimum Gasteiger partial charge on any atom is -0.496 e. The molecule has 0 heterocycles. The first-order chi connectivity index (χ1) is 10.7. The number of methoxy groups -OCH3 is 1. The van der Waals surface area contributed by atoms with Crippen molar-refractivity contribution in [2.45, 2.75) is 32.6 Å². The first-order valence-corrected chi connectivity index (χ1v) is 7.67. The van der Waals surface area contributed by atoms with Crippen LogP contribution in [0.4, 0.5) is 0 Å². The maximum Gasteiger partial charge on any atom is 0.336 e. The van der Waals surface area contributed by atoms with Gasteiger partial charge in [0.1, 0.15) is 5.75 Å². The Morgan fingerprint density at radius 2 is 1.82 bits per heavy atom. The third kappa shape index (κ3) is 3.48. The van der Waals surface area contributed by atoms with Gasteiger partial charge in [-0.2, -0.15) is 0 Å². The lowest BCUT2D eigenvalue weighted by atomic mass is 9.90. The summed E-state index contributed by atoms with van der Waals surface area (Å²) in [5, 5.41) is 9.55. The molecule has 116 valence electrons. The van der Waals surface area contributed by atoms with Crippen LogP contribution in [0.1, 0.15) is 42.1 Å². The molecular formula is C19H22O3. The zero-order chi connectivity index (χ0) is 15.9. The summed E-state index contributed by atoms with van der Waals surface area (Å²) in [4.78, 5) is 11.6. The molecule has 0 amide bonds. The smallest absolute Gasteiger partial charge is 0.336 e. The lowest BCUT2D eigenvalue weighted by Gasteiger charge is -2.17. The molecule has 0 spiro atoms. The quantitative estimate of drug-likeness (QED) is 0.747. The van der Waals surface area contributed by atoms with E-state index in [1.165, 1.54) is 0 Å². The van der Waals surface area contributed by atoms with Crippen LogP contribution in [0.25, 0.3) is 11.1 Å². The molecule has 0 aliphatic carbocycles. The topological polar surface area (TPSA) is 46.5 Å². The number of carbonyl (C=O) groups is 1. The van der Waals surface area contributed by atoms with E-state index in [1.807, 2.05) is 30.3 Å². The summed E-state index contributed by atoms with van der Waals surface area (Å²) in [6.45, 7) is 2.16. The molecular weight excluding hydrogens is 276 g/mol. The van der Waals surface area contributed by atoms with Gasteiger partial charge in [-0.05, 0) is 30.5 Å². The molecule has 2 aromatic carbocycles. The van der Waals surface area contributed by atoms with E-state index in [0.717, 1.165) is 48.1 Å². The zero-order valence-corrected chi connectivity index (χ0v) is 13.1. The molecule has 0 aliphatic heterocycles. The molecule has 0 bridgehead atoms. The standard InChI is InChI=1S/C19H22O3/c1-3-4-6-11-15-17(22-2)13-12-16(19(20)21)18(15)14-9-7-5-8-10-14/h5,7-10,12-13H,3-4,6,11H2,1-2H3,(H,20,21). The van der Waals surface area contributed by atoms with Crippen LogP contribution in [0.3, 0.4) is 0 Å². The van der Waals surface area contributed by atoms with Gasteiger partial charge in [-0.3, -0.25) is 0 Å². The molecule has 22 heavy (non-hydrogen) atoms. The molecule has 2 rings (SSSR count). The van der Waals surface area contributed by atoms with Crippen molar-refractivity contribution in [3.63, 3.8) is 0 Å². The fourth-order valence-corrected chi connectivity index (χ4v) is 2.73. The summed E-state index contributed by atoms with van der Waals surface area (Å²) in [5.41, 5.74) is 3.02. The first-order valence-electron chi connectivity index (χ1n) is 7.67. The molecule has 3 nitrogen and oxygen atoms in total. The Bertz CT molecular complexity index is 633. The second-order valence-electron chi connectivity index (χ2n) is 5.30. The molecule has 0 unspecified atom stereocenters. The van der Waals surface area contributed by atoms with Crippen LogP contribution in [-0.4, -0.2) is 18.2 Å². The third-order valence-electron chi connectivity index (χ3n) is 3.81. The van der Waals surface area contributed by atoms with E-state index in [-0.39, 0.29) is 0 Å². The number of rotatable bonds is 7. The van der Waals surface area contributed by atoms with Crippen LogP contribution in [-0.2, 0) is 6.42 Å². The number of ether oxygens (including phenoxy) is 1. The van der Waals surface area contributed by atoms with Gasteiger partial charge in [-0.1, -0.05) is 50.1 Å². The van der Waals surface area contributed by atoms with E-state index in [2.05, 4.69) is 6.92 Å². The van der Waals surface area contributed by atoms with Crippen LogP contribution in [0.5, 0.6) is 5.75 Å². The van der Waals surface area contributed by atoms with Gasteiger partial charge in [0.25, 0.3) is 0 Å². The van der Waals surface area contributed by atoms with Crippen LogP contribution >= 0.6 is 0 Å². The molecule has 3 heteroatoms. The molecule has 0 saturated carbocycles. The van der Waals surface area contributed by atoms with Gasteiger partial charge in [0.15, 0.2) is 0 Å². The summed E-state index contributed by atoms with van der Waals surface area (Å²) in [5.74, 6) is -0.141. The Labute approximate surface area is 131 Å². The van der Waals surface area contributed by atoms with Gasteiger partial charge in [-0.15, -0.1) is 0 Å². The highest BCUT2D eigenvalue weighted by Crippen LogP contribution is 2.35. The Balaban J connectivity index is 2.60. The lowest BCUT2D eigenvalue weighted by Crippen LogP contribution is -2.05. The summed E-state index contributed by atoms with van der Waals surface area (Å²) >= 11 is 0. The Hall–Kier alpha value is -2.29. The van der Waals surface area contributed by atoms with Crippen molar-refractivity contribution in [3.8, 4) is 16.9 Å². The highest BCUT2D eigenvalue weighted by molar-refractivity contribution is 5.97. The van der Waals surface area contributed by atoms with Crippen LogP contribution in [0.15, 0.2) is 42.5 Å². The Morgan fingerprint density at radius 3 is 2.41 bits per heavy atom. The average molecular weight is 298 g/mol. The van der Waals surface area contributed by atoms with Crippen molar-refractivity contribution in [1.82, 2.24) is 0 Å². The van der Waals surface area contributed by atoms with Crippen LogP contribution in [0, 0.1) is 0 Å². The summed E-state index contributed by atoms with van der Waals surface area (Å²) in [6, 6.07) is 13.1. The number of hydrogen-bond donors (Lipinski definition) is 1. The number of benzene rings is 2. The predicted octanol–water partition coefficient (Wildman–Crippen LogP) is 4.79. The minimum atomic E-state index is -0.904. The fraction of sp³-hybridized carbons (Fsp3) is 0.316. The minimum absolute atomic E-state index is 0.332. The highest BCUT2D eigenvalue weighted by Gasteiger charge is 2.19. The summed E-state index contributed by atoms with van der Waals surface area (Å²) < 4.78 is 5.48. The van der Waals surface area contributed by atoms with Crippen molar-refractivity contribution in [3.05, 3.63) is 53.6 Å². The van der Waals surface area contributed by atoms with E-state index < -0.39 is 5.97 Å². The van der Waals surface area contributed by atoms with Crippen molar-refractivity contribution in [1.29, 1.82) is 0 Å². The van der Waals surface area contributed by atoms with Crippen molar-refractivity contribution >= 4 is 5.97 Å². The SMILES string of the molecule is CCCCCc1c(OC)ccc(C(=O)O)c1-c1ccccc1. The fourth-order valence-electron chi connectivity index (χ4n) is 2.73. The van der Waals surface area contributed by atoms with Gasteiger partial charge in [0, 0.05) is 11.1 Å². The van der Waals surface area contributed by atoms with Gasteiger partial charge in [0.05, 0.1) is 12.7 Å². The number of aromatic carboxylic acids is 1. The van der Waals surface area contributed by atoms with Crippen molar-refractivity contribution < 1.29 is 14.6 Å². The Kier molecular flexibility index (Phi) is 5.59. The molecule has 1 N–H and O–H groups in total. The second-order valence-corrected chi connectivity index (χ2v) is 5.30. The van der Waals surface area contributed by atoms with Gasteiger partial charge >= 0.3 is 5.97 Å². The van der Waals surface area contributed by atoms with Gasteiger partial charge in [-0.25, -0.2) is 4.79 Å². The lowest BCUT2D eigenvalue weighted by molar-refractivity contribution is 0.0697. The molecule has 2 aromatic rings. The van der Waals surface area contributed by atoms with Crippen LogP contribution in [0.2, 0.25) is 0 Å². The molecule has 0 saturated heterocycles. The maximum atomic E-state index is 11.6. The van der Waals surface area contributed by atoms with E-state index >= 15 is 0 Å². The molecule has 0 atom stereocenters. The second kappa shape index (κ2) is 7.64. The van der Waals surface area contributed by atoms with Gasteiger partial charge < -0.3 is 9.84 Å². The van der Waals surface area contributed by atoms with E-state index in [9.17, 15) is 9.90 Å². The van der Waals surface area contributed by atoms with Crippen molar-refractivity contribution in [2.24, 2.45) is 0 Å². The molecule has 0 fully saturated rings. The Morgan fingerprint density at radius 1 is 1.09 bits per heavy atom. The maximum absolute atomic E-state index is 11.6. The molecule has 0 aliphatic rings. The van der Waals surface area contributed by atoms with Gasteiger partial charge in [0.2, 0.25) is 0 Å². The summed E-state index contributed by atoms with van der Waals surface area (Å²) in [7, 11) is 1.63. The number of unbranched alkanes of at least 4 members (excludes halogenated alkanes) is 2. The largest absolute Gasteiger partial charge is 0.496 e. The number of hydrogen-bond acceptors (Lipinski definition) is 2. The van der Waals surface area contributed by atoms with Crippen molar-refractivity contribution in [2.75, 3.05) is 7.11 Å². The average Bonchev–Trinajstić information content (AvgIpc) is 2.55. The first kappa shape index (κ1) is 16.1. The van der Waals surface area contributed by atoms with E-state index in [0.29, 0.717) is 5.56 Å². The number of carboxylic acids is 1. The monoisotopic (exact) mass is 298 g/mol. The highest BCUT2D eigenvalue weighted by atomic mass is 16.5. The molecule has 0 aromatic heterocycles. The van der Waals surface area contributed by atoms with E-state index in [4.69, 9.17) is 4.74 Å². The predicted molar refractivity (Wildman–Crippen MR) is 88.6 cm³/mol.